The van der Waals surface area contributed by atoms with E-state index in [-0.39, 0.29) is 0 Å². The lowest BCUT2D eigenvalue weighted by atomic mass is 9.85. The summed E-state index contributed by atoms with van der Waals surface area (Å²) in [6, 6.07) is 7.41. The molecule has 1 aromatic rings. The van der Waals surface area contributed by atoms with E-state index in [2.05, 4.69) is 51.2 Å². The van der Waals surface area contributed by atoms with Gasteiger partial charge in [-0.05, 0) is 61.8 Å². The maximum absolute atomic E-state index is 3.62. The van der Waals surface area contributed by atoms with Crippen LogP contribution in [0.3, 0.4) is 0 Å². The van der Waals surface area contributed by atoms with Crippen LogP contribution in [0.15, 0.2) is 18.2 Å². The molecular formula is C17H27N. The van der Waals surface area contributed by atoms with Crippen LogP contribution in [-0.2, 0) is 0 Å². The first-order valence-electron chi connectivity index (χ1n) is 7.39. The zero-order valence-electron chi connectivity index (χ0n) is 12.3. The van der Waals surface area contributed by atoms with Crippen LogP contribution in [0.4, 0.5) is 0 Å². The van der Waals surface area contributed by atoms with E-state index >= 15 is 0 Å². The van der Waals surface area contributed by atoms with Crippen molar-refractivity contribution in [3.8, 4) is 0 Å². The largest absolute Gasteiger partial charge is 0.314 e. The van der Waals surface area contributed by atoms with Crippen molar-refractivity contribution in [2.24, 2.45) is 5.92 Å². The lowest BCUT2D eigenvalue weighted by Crippen LogP contribution is -2.30. The van der Waals surface area contributed by atoms with Crippen LogP contribution < -0.4 is 5.32 Å². The van der Waals surface area contributed by atoms with Gasteiger partial charge in [0.05, 0.1) is 0 Å². The van der Waals surface area contributed by atoms with Gasteiger partial charge < -0.3 is 5.32 Å². The lowest BCUT2D eigenvalue weighted by Gasteiger charge is -2.24. The van der Waals surface area contributed by atoms with Crippen LogP contribution in [0.5, 0.6) is 0 Å². The van der Waals surface area contributed by atoms with Crippen LogP contribution in [0, 0.1) is 19.8 Å². The van der Waals surface area contributed by atoms with Crippen LogP contribution in [0.2, 0.25) is 0 Å². The zero-order chi connectivity index (χ0) is 13.1. The first-order valence-corrected chi connectivity index (χ1v) is 7.39. The molecular weight excluding hydrogens is 218 g/mol. The van der Waals surface area contributed by atoms with E-state index in [1.165, 1.54) is 36.9 Å². The maximum atomic E-state index is 3.62. The molecule has 100 valence electrons. The lowest BCUT2D eigenvalue weighted by molar-refractivity contribution is 0.422. The van der Waals surface area contributed by atoms with E-state index < -0.39 is 0 Å². The molecule has 1 fully saturated rings. The Kier molecular flexibility index (Phi) is 4.45. The van der Waals surface area contributed by atoms with Crippen molar-refractivity contribution in [2.45, 2.75) is 58.9 Å². The smallest absolute Gasteiger partial charge is 0.00104 e. The van der Waals surface area contributed by atoms with Gasteiger partial charge in [0.15, 0.2) is 0 Å². The highest BCUT2D eigenvalue weighted by Gasteiger charge is 2.29. The summed E-state index contributed by atoms with van der Waals surface area (Å²) in [6.45, 7) is 10.2. The van der Waals surface area contributed by atoms with Gasteiger partial charge in [-0.15, -0.1) is 0 Å². The van der Waals surface area contributed by atoms with E-state index in [9.17, 15) is 0 Å². The molecule has 0 aliphatic heterocycles. The summed E-state index contributed by atoms with van der Waals surface area (Å²) in [5.41, 5.74) is 4.55. The van der Waals surface area contributed by atoms with Crippen LogP contribution in [0.25, 0.3) is 0 Å². The van der Waals surface area contributed by atoms with Crippen molar-refractivity contribution in [2.75, 3.05) is 6.54 Å². The molecule has 1 aliphatic carbocycles. The third-order valence-electron chi connectivity index (χ3n) is 4.49. The van der Waals surface area contributed by atoms with Gasteiger partial charge in [-0.25, -0.2) is 0 Å². The van der Waals surface area contributed by atoms with Gasteiger partial charge >= 0.3 is 0 Å². The fraction of sp³-hybridized carbons (Fsp3) is 0.647. The number of nitrogens with one attached hydrogen (secondary N) is 1. The molecule has 0 spiro atoms. The molecule has 2 rings (SSSR count). The Bertz CT molecular complexity index is 395. The van der Waals surface area contributed by atoms with Gasteiger partial charge in [-0.3, -0.25) is 0 Å². The molecule has 0 aromatic heterocycles. The fourth-order valence-corrected chi connectivity index (χ4v) is 3.25. The Balaban J connectivity index is 2.13. The molecule has 1 N–H and O–H groups in total. The van der Waals surface area contributed by atoms with E-state index in [4.69, 9.17) is 0 Å². The highest BCUT2D eigenvalue weighted by Crippen LogP contribution is 2.40. The van der Waals surface area contributed by atoms with Gasteiger partial charge in [0, 0.05) is 6.04 Å². The van der Waals surface area contributed by atoms with E-state index in [1.54, 1.807) is 5.56 Å². The van der Waals surface area contributed by atoms with Crippen LogP contribution in [-0.4, -0.2) is 12.6 Å². The summed E-state index contributed by atoms with van der Waals surface area (Å²) in [7, 11) is 0. The molecule has 18 heavy (non-hydrogen) atoms. The summed E-state index contributed by atoms with van der Waals surface area (Å²) in [4.78, 5) is 0. The number of rotatable bonds is 4. The SMILES string of the molecule is Cc1cccc(C2CCCC2CNC(C)C)c1C. The Labute approximate surface area is 112 Å². The predicted octanol–water partition coefficient (Wildman–Crippen LogP) is 4.19. The summed E-state index contributed by atoms with van der Waals surface area (Å²) >= 11 is 0. The topological polar surface area (TPSA) is 12.0 Å². The number of hydrogen-bond acceptors (Lipinski definition) is 1. The first-order chi connectivity index (χ1) is 8.59. The van der Waals surface area contributed by atoms with Gasteiger partial charge in [-0.1, -0.05) is 38.5 Å². The Hall–Kier alpha value is -0.820. The second-order valence-electron chi connectivity index (χ2n) is 6.15. The average molecular weight is 245 g/mol. The van der Waals surface area contributed by atoms with Crippen molar-refractivity contribution < 1.29 is 0 Å². The molecule has 0 saturated heterocycles. The highest BCUT2D eigenvalue weighted by molar-refractivity contribution is 5.36. The van der Waals surface area contributed by atoms with Crippen molar-refractivity contribution in [1.29, 1.82) is 0 Å². The molecule has 1 heteroatoms. The van der Waals surface area contributed by atoms with Crippen LogP contribution >= 0.6 is 0 Å². The summed E-state index contributed by atoms with van der Waals surface area (Å²) in [6.07, 6.45) is 4.15. The third kappa shape index (κ3) is 2.95. The molecule has 0 amide bonds. The minimum absolute atomic E-state index is 0.602. The van der Waals surface area contributed by atoms with E-state index in [0.717, 1.165) is 11.8 Å². The van der Waals surface area contributed by atoms with Gasteiger partial charge in [0.25, 0.3) is 0 Å². The van der Waals surface area contributed by atoms with Gasteiger partial charge in [0.1, 0.15) is 0 Å². The number of hydrogen-bond donors (Lipinski definition) is 1. The number of benzene rings is 1. The van der Waals surface area contributed by atoms with Crippen molar-refractivity contribution in [3.63, 3.8) is 0 Å². The molecule has 0 heterocycles. The molecule has 1 aliphatic rings. The Morgan fingerprint density at radius 1 is 1.22 bits per heavy atom. The second kappa shape index (κ2) is 5.88. The van der Waals surface area contributed by atoms with E-state index in [0.29, 0.717) is 6.04 Å². The number of aryl methyl sites for hydroxylation is 1. The molecule has 1 saturated carbocycles. The monoisotopic (exact) mass is 245 g/mol. The highest BCUT2D eigenvalue weighted by atomic mass is 14.9. The fourth-order valence-electron chi connectivity index (χ4n) is 3.25. The third-order valence-corrected chi connectivity index (χ3v) is 4.49. The maximum Gasteiger partial charge on any atom is 0.00104 e. The zero-order valence-corrected chi connectivity index (χ0v) is 12.3. The summed E-state index contributed by atoms with van der Waals surface area (Å²) in [5.74, 6) is 1.60. The first kappa shape index (κ1) is 13.6. The van der Waals surface area contributed by atoms with Crippen molar-refractivity contribution in [1.82, 2.24) is 5.32 Å². The van der Waals surface area contributed by atoms with Gasteiger partial charge in [-0.2, -0.15) is 0 Å². The molecule has 1 nitrogen and oxygen atoms in total. The van der Waals surface area contributed by atoms with Crippen LogP contribution in [0.1, 0.15) is 55.7 Å². The molecule has 0 radical (unpaired) electrons. The molecule has 1 aromatic carbocycles. The summed E-state index contributed by atoms with van der Waals surface area (Å²) in [5, 5.41) is 3.62. The Morgan fingerprint density at radius 3 is 2.72 bits per heavy atom. The molecule has 2 unspecified atom stereocenters. The Morgan fingerprint density at radius 2 is 2.00 bits per heavy atom. The second-order valence-corrected chi connectivity index (χ2v) is 6.15. The summed E-state index contributed by atoms with van der Waals surface area (Å²) < 4.78 is 0. The predicted molar refractivity (Wildman–Crippen MR) is 79.1 cm³/mol. The molecule has 0 bridgehead atoms. The van der Waals surface area contributed by atoms with E-state index in [1.807, 2.05) is 0 Å². The van der Waals surface area contributed by atoms with Crippen molar-refractivity contribution in [3.05, 3.63) is 34.9 Å². The van der Waals surface area contributed by atoms with Crippen molar-refractivity contribution >= 4 is 0 Å². The quantitative estimate of drug-likeness (QED) is 0.839. The average Bonchev–Trinajstić information content (AvgIpc) is 2.78. The van der Waals surface area contributed by atoms with Gasteiger partial charge in [0.2, 0.25) is 0 Å². The minimum atomic E-state index is 0.602. The normalized spacial score (nSPS) is 23.8. The standard InChI is InChI=1S/C17H27N/c1-12(2)18-11-15-8-6-10-17(15)16-9-5-7-13(3)14(16)4/h5,7,9,12,15,17-18H,6,8,10-11H2,1-4H3. The molecule has 2 atom stereocenters. The minimum Gasteiger partial charge on any atom is -0.314 e.